The van der Waals surface area contributed by atoms with E-state index in [1.54, 1.807) is 170 Å². The molecule has 0 radical (unpaired) electrons. The minimum absolute atomic E-state index is 0.211. The number of benzene rings is 3. The van der Waals surface area contributed by atoms with E-state index in [0.29, 0.717) is 121 Å². The number of rotatable bonds is 24. The standard InChI is InChI=1S/2C29H36N8O4.C26H30N8O3/c2*1-18-23(16-37(34-18)20-6-8-36(9-7-20)10-11-39-3)24-15-31-28(30)27(32-24)25-17-35(2)29(38)26(33-25)19-12-21(40-4)14-22(13-19)41-5;1-15-20(13-34(32-15)17-5-7-28-8-6-17)21-12-29-25(27)24(30-21)22-14-33(2)26(35)23(31-22)16-9-18(36-3)11-19(10-16)37-4/h2*12-17,20H,6-11H2,1-5H3,(H2,30,31);9-14,17,28H,5-8H2,1-4H3,(H2,27,29). The highest BCUT2D eigenvalue weighted by molar-refractivity contribution is 5.77. The summed E-state index contributed by atoms with van der Waals surface area (Å²) in [5.41, 5.74) is 29.9. The fourth-order valence-corrected chi connectivity index (χ4v) is 14.8. The monoisotopic (exact) mass is 1620 g/mol. The van der Waals surface area contributed by atoms with Crippen LogP contribution in [0.25, 0.3) is 102 Å². The Morgan fingerprint density at radius 2 is 0.622 bits per heavy atom. The van der Waals surface area contributed by atoms with E-state index in [1.165, 1.54) is 13.7 Å². The molecule has 3 fully saturated rings. The molecule has 119 heavy (non-hydrogen) atoms. The van der Waals surface area contributed by atoms with Crippen LogP contribution in [0.2, 0.25) is 0 Å². The quantitative estimate of drug-likeness (QED) is 0.0440. The van der Waals surface area contributed by atoms with Crippen LogP contribution in [-0.2, 0) is 30.6 Å². The number of likely N-dealkylation sites (tertiary alicyclic amines) is 2. The predicted octanol–water partition coefficient (Wildman–Crippen LogP) is 8.52. The summed E-state index contributed by atoms with van der Waals surface area (Å²) in [6.07, 6.45) is 22.0. The second-order valence-electron chi connectivity index (χ2n) is 29.4. The Kier molecular flexibility index (Phi) is 26.6. The van der Waals surface area contributed by atoms with Crippen LogP contribution in [-0.4, -0.2) is 220 Å². The molecule has 0 saturated carbocycles. The first-order valence-electron chi connectivity index (χ1n) is 39.1. The second-order valence-corrected chi connectivity index (χ2v) is 29.4. The fourth-order valence-electron chi connectivity index (χ4n) is 14.8. The number of nitrogens with one attached hydrogen (secondary N) is 1. The third kappa shape index (κ3) is 19.1. The molecule has 9 aromatic heterocycles. The van der Waals surface area contributed by atoms with Crippen molar-refractivity contribution in [1.29, 1.82) is 0 Å². The number of piperidine rings is 3. The van der Waals surface area contributed by atoms with Crippen LogP contribution in [0.15, 0.2) is 125 Å². The Morgan fingerprint density at radius 1 is 0.361 bits per heavy atom. The van der Waals surface area contributed by atoms with Crippen molar-refractivity contribution in [3.8, 4) is 136 Å². The van der Waals surface area contributed by atoms with Crippen LogP contribution in [0.4, 0.5) is 17.5 Å². The van der Waals surface area contributed by atoms with Gasteiger partial charge in [-0.3, -0.25) is 28.4 Å². The molecule has 0 bridgehead atoms. The summed E-state index contributed by atoms with van der Waals surface area (Å²) in [4.78, 5) is 86.0. The highest BCUT2D eigenvalue weighted by atomic mass is 16.5. The fraction of sp³-hybridized carbons (Fsp3) is 0.393. The highest BCUT2D eigenvalue weighted by Crippen LogP contribution is 2.37. The Labute approximate surface area is 688 Å². The smallest absolute Gasteiger partial charge is 0.276 e. The number of nitrogen functional groups attached to an aromatic ring is 3. The third-order valence-electron chi connectivity index (χ3n) is 21.6. The van der Waals surface area contributed by atoms with Crippen molar-refractivity contribution in [1.82, 2.24) is 103 Å². The summed E-state index contributed by atoms with van der Waals surface area (Å²) in [6.45, 7) is 15.3. The predicted molar refractivity (Wildman–Crippen MR) is 453 cm³/mol. The zero-order valence-corrected chi connectivity index (χ0v) is 69.6. The zero-order chi connectivity index (χ0) is 84.3. The van der Waals surface area contributed by atoms with Gasteiger partial charge in [-0.2, -0.15) is 15.3 Å². The molecule has 12 aromatic rings. The van der Waals surface area contributed by atoms with Gasteiger partial charge in [-0.1, -0.05) is 0 Å². The summed E-state index contributed by atoms with van der Waals surface area (Å²) in [6, 6.07) is 16.6. The van der Waals surface area contributed by atoms with E-state index >= 15 is 0 Å². The van der Waals surface area contributed by atoms with Gasteiger partial charge in [0.1, 0.15) is 85.7 Å². The SMILES string of the molecule is COCCN1CCC(n2cc(-c3cnc(N)c(-c4cn(C)c(=O)c(-c5cc(OC)cc(OC)c5)n4)n3)c(C)n2)CC1.COCCN1CCC(n2cc(-c3cnc(N)c(-c4cn(C)c(=O)c(-c5cc(OC)cc(OC)c5)n4)n3)c(C)n2)CC1.COc1cc(OC)cc(-c2nc(-c3nc(-c4cn(C5CCNCC5)nc4C)cnc3N)cn(C)c2=O)c1. The zero-order valence-electron chi connectivity index (χ0n) is 69.6. The van der Waals surface area contributed by atoms with Crippen molar-refractivity contribution in [3.05, 3.63) is 159 Å². The molecule has 0 atom stereocenters. The lowest BCUT2D eigenvalue weighted by Crippen LogP contribution is -2.36. The first-order valence-corrected chi connectivity index (χ1v) is 39.1. The van der Waals surface area contributed by atoms with E-state index < -0.39 is 0 Å². The van der Waals surface area contributed by atoms with E-state index in [-0.39, 0.29) is 51.2 Å². The summed E-state index contributed by atoms with van der Waals surface area (Å²) in [7, 11) is 17.8. The Bertz CT molecular complexity index is 5490. The van der Waals surface area contributed by atoms with Crippen molar-refractivity contribution in [2.75, 3.05) is 140 Å². The minimum atomic E-state index is -0.280. The van der Waals surface area contributed by atoms with Gasteiger partial charge in [-0.25, -0.2) is 44.9 Å². The number of anilines is 3. The second kappa shape index (κ2) is 37.6. The number of hydrogen-bond acceptors (Lipinski definition) is 29. The normalized spacial score (nSPS) is 14.3. The van der Waals surface area contributed by atoms with Gasteiger partial charge in [0.15, 0.2) is 17.5 Å². The van der Waals surface area contributed by atoms with Gasteiger partial charge in [-0.15, -0.1) is 0 Å². The van der Waals surface area contributed by atoms with Gasteiger partial charge in [0.25, 0.3) is 16.7 Å². The molecule has 3 aliphatic rings. The van der Waals surface area contributed by atoms with Crippen LogP contribution in [0.3, 0.4) is 0 Å². The van der Waals surface area contributed by atoms with Crippen molar-refractivity contribution in [2.45, 2.75) is 77.4 Å². The average molecular weight is 1620 g/mol. The highest BCUT2D eigenvalue weighted by Gasteiger charge is 2.28. The van der Waals surface area contributed by atoms with Crippen LogP contribution < -0.4 is 67.6 Å². The number of aryl methyl sites for hydroxylation is 6. The molecule has 12 heterocycles. The lowest BCUT2D eigenvalue weighted by Gasteiger charge is -2.31. The first kappa shape index (κ1) is 84.1. The van der Waals surface area contributed by atoms with E-state index in [0.717, 1.165) is 138 Å². The maximum Gasteiger partial charge on any atom is 0.276 e. The van der Waals surface area contributed by atoms with Crippen molar-refractivity contribution < 1.29 is 37.9 Å². The molecule has 35 nitrogen and oxygen atoms in total. The topological polar surface area (TPSA) is 406 Å². The number of aromatic nitrogens is 18. The maximum absolute atomic E-state index is 13.1. The van der Waals surface area contributed by atoms with Crippen LogP contribution in [0.5, 0.6) is 34.5 Å². The van der Waals surface area contributed by atoms with E-state index in [4.69, 9.17) is 85.3 Å². The van der Waals surface area contributed by atoms with E-state index in [2.05, 4.69) is 54.4 Å². The molecule has 3 saturated heterocycles. The summed E-state index contributed by atoms with van der Waals surface area (Å²) in [5.74, 6) is 3.91. The number of ether oxygens (including phenoxy) is 8. The molecule has 35 heteroatoms. The molecule has 624 valence electrons. The molecule has 0 amide bonds. The van der Waals surface area contributed by atoms with Crippen molar-refractivity contribution in [2.24, 2.45) is 21.1 Å². The van der Waals surface area contributed by atoms with Gasteiger partial charge < -0.3 is 83.9 Å². The lowest BCUT2D eigenvalue weighted by molar-refractivity contribution is 0.119. The Morgan fingerprint density at radius 3 is 0.882 bits per heavy atom. The molecule has 0 unspecified atom stereocenters. The van der Waals surface area contributed by atoms with Crippen molar-refractivity contribution in [3.63, 3.8) is 0 Å². The number of hydrogen-bond donors (Lipinski definition) is 4. The largest absolute Gasteiger partial charge is 0.497 e. The molecule has 3 aliphatic heterocycles. The molecular formula is C84H102N24O11. The molecule has 3 aromatic carbocycles. The first-order chi connectivity index (χ1) is 57.5. The number of nitrogens with two attached hydrogens (primary N) is 3. The molecule has 7 N–H and O–H groups in total. The molecule has 0 spiro atoms. The maximum atomic E-state index is 13.1. The van der Waals surface area contributed by atoms with Crippen molar-refractivity contribution >= 4 is 17.5 Å². The van der Waals surface area contributed by atoms with Gasteiger partial charge in [0.2, 0.25) is 0 Å². The summed E-state index contributed by atoms with van der Waals surface area (Å²) in [5, 5.41) is 17.8. The number of methoxy groups -OCH3 is 8. The Balaban J connectivity index is 0.000000155. The van der Waals surface area contributed by atoms with Gasteiger partial charge in [-0.05, 0) is 109 Å². The summed E-state index contributed by atoms with van der Waals surface area (Å²) < 4.78 is 53.3. The van der Waals surface area contributed by atoms with Gasteiger partial charge >= 0.3 is 0 Å². The van der Waals surface area contributed by atoms with Crippen LogP contribution in [0, 0.1) is 20.8 Å². The molecule has 0 aliphatic carbocycles. The Hall–Kier alpha value is -12.8. The van der Waals surface area contributed by atoms with Crippen LogP contribution >= 0.6 is 0 Å². The van der Waals surface area contributed by atoms with Crippen LogP contribution in [0.1, 0.15) is 73.7 Å². The molecule has 15 rings (SSSR count). The van der Waals surface area contributed by atoms with E-state index in [1.807, 2.05) is 44.0 Å². The lowest BCUT2D eigenvalue weighted by atomic mass is 10.1. The average Bonchev–Trinajstić information content (AvgIpc) is 1.54. The van der Waals surface area contributed by atoms with Gasteiger partial charge in [0, 0.05) is 163 Å². The minimum Gasteiger partial charge on any atom is -0.497 e. The number of nitrogens with zero attached hydrogens (tertiary/aromatic N) is 20. The third-order valence-corrected chi connectivity index (χ3v) is 21.6. The molecular weight excluding hydrogens is 1520 g/mol. The van der Waals surface area contributed by atoms with Gasteiger partial charge in [0.05, 0.1) is 127 Å². The van der Waals surface area contributed by atoms with E-state index in [9.17, 15) is 14.4 Å². The summed E-state index contributed by atoms with van der Waals surface area (Å²) >= 11 is 0.